The van der Waals surface area contributed by atoms with Gasteiger partial charge in [-0.25, -0.2) is 13.2 Å². The quantitative estimate of drug-likeness (QED) is 0.611. The minimum absolute atomic E-state index is 0.245. The molecule has 0 radical (unpaired) electrons. The second-order valence-corrected chi connectivity index (χ2v) is 9.42. The van der Waals surface area contributed by atoms with Crippen LogP contribution in [0.4, 0.5) is 13.2 Å². The van der Waals surface area contributed by atoms with Crippen LogP contribution in [0, 0.1) is 0 Å². The molecule has 2 aromatic rings. The van der Waals surface area contributed by atoms with Crippen LogP contribution in [0.25, 0.3) is 0 Å². The first kappa shape index (κ1) is 23.3. The van der Waals surface area contributed by atoms with E-state index in [2.05, 4.69) is 4.74 Å². The number of alkyl halides is 3. The van der Waals surface area contributed by atoms with E-state index in [1.807, 2.05) is 6.92 Å². The molecule has 1 atom stereocenters. The van der Waals surface area contributed by atoms with Crippen molar-refractivity contribution < 1.29 is 31.1 Å². The molecule has 0 spiro atoms. The standard InChI is InChI=1S/C22H24F3NO4S/c1-3-4-8-16-11-12-17-15-26(31(28,29)19-9-6-5-7-10-19)21(20(27)30-2,22(23,24)25)14-18(17)13-16/h5-7,9-13H,3-4,8,14-15H2,1-2H3. The number of nitrogens with zero attached hydrogens (tertiary/aromatic N) is 1. The Hall–Kier alpha value is -2.39. The molecule has 0 fully saturated rings. The second kappa shape index (κ2) is 8.63. The summed E-state index contributed by atoms with van der Waals surface area (Å²) in [4.78, 5) is 12.3. The fourth-order valence-electron chi connectivity index (χ4n) is 3.90. The van der Waals surface area contributed by atoms with Gasteiger partial charge in [-0.2, -0.15) is 17.5 Å². The van der Waals surface area contributed by atoms with Crippen molar-refractivity contribution in [2.75, 3.05) is 7.11 Å². The molecule has 5 nitrogen and oxygen atoms in total. The third-order valence-corrected chi connectivity index (χ3v) is 7.49. The van der Waals surface area contributed by atoms with Crippen LogP contribution in [0.2, 0.25) is 0 Å². The molecule has 1 heterocycles. The zero-order valence-corrected chi connectivity index (χ0v) is 18.1. The van der Waals surface area contributed by atoms with E-state index in [0.717, 1.165) is 25.5 Å². The Bertz CT molecular complexity index is 1050. The normalized spacial score (nSPS) is 19.6. The van der Waals surface area contributed by atoms with Gasteiger partial charge in [-0.3, -0.25) is 0 Å². The minimum Gasteiger partial charge on any atom is -0.467 e. The van der Waals surface area contributed by atoms with Crippen LogP contribution in [0.3, 0.4) is 0 Å². The average Bonchev–Trinajstić information content (AvgIpc) is 2.75. The number of sulfonamides is 1. The summed E-state index contributed by atoms with van der Waals surface area (Å²) in [7, 11) is -3.83. The number of rotatable bonds is 6. The van der Waals surface area contributed by atoms with E-state index in [4.69, 9.17) is 0 Å². The number of hydrogen-bond acceptors (Lipinski definition) is 4. The molecular weight excluding hydrogens is 431 g/mol. The van der Waals surface area contributed by atoms with Crippen molar-refractivity contribution in [2.24, 2.45) is 0 Å². The molecule has 0 N–H and O–H groups in total. The second-order valence-electron chi connectivity index (χ2n) is 7.56. The molecule has 0 aromatic heterocycles. The van der Waals surface area contributed by atoms with Gasteiger partial charge in [0, 0.05) is 13.0 Å². The lowest BCUT2D eigenvalue weighted by Gasteiger charge is -2.45. The summed E-state index contributed by atoms with van der Waals surface area (Å²) >= 11 is 0. The molecule has 31 heavy (non-hydrogen) atoms. The summed E-state index contributed by atoms with van der Waals surface area (Å²) in [6.45, 7) is 1.42. The number of halogens is 3. The summed E-state index contributed by atoms with van der Waals surface area (Å²) in [6, 6.07) is 11.9. The maximum Gasteiger partial charge on any atom is 0.418 e. The fourth-order valence-corrected chi connectivity index (χ4v) is 5.62. The fraction of sp³-hybridized carbons (Fsp3) is 0.409. The molecule has 1 aliphatic heterocycles. The highest BCUT2D eigenvalue weighted by Gasteiger charge is 2.69. The number of unbranched alkanes of at least 4 members (excludes halogenated alkanes) is 1. The highest BCUT2D eigenvalue weighted by molar-refractivity contribution is 7.89. The summed E-state index contributed by atoms with van der Waals surface area (Å²) in [5, 5.41) is 0. The third kappa shape index (κ3) is 4.08. The van der Waals surface area contributed by atoms with Gasteiger partial charge in [0.2, 0.25) is 15.6 Å². The van der Waals surface area contributed by atoms with Crippen molar-refractivity contribution >= 4 is 16.0 Å². The Morgan fingerprint density at radius 1 is 1.13 bits per heavy atom. The lowest BCUT2D eigenvalue weighted by molar-refractivity contribution is -0.230. The van der Waals surface area contributed by atoms with Gasteiger partial charge in [-0.05, 0) is 41.7 Å². The van der Waals surface area contributed by atoms with Crippen molar-refractivity contribution in [3.63, 3.8) is 0 Å². The minimum atomic E-state index is -5.20. The predicted octanol–water partition coefficient (Wildman–Crippen LogP) is 4.25. The molecule has 0 saturated carbocycles. The number of aryl methyl sites for hydroxylation is 1. The van der Waals surface area contributed by atoms with Crippen LogP contribution < -0.4 is 0 Å². The van der Waals surface area contributed by atoms with Gasteiger partial charge < -0.3 is 4.74 Å². The van der Waals surface area contributed by atoms with Crippen molar-refractivity contribution in [2.45, 2.75) is 55.8 Å². The molecule has 2 aromatic carbocycles. The molecule has 9 heteroatoms. The zero-order valence-electron chi connectivity index (χ0n) is 17.3. The summed E-state index contributed by atoms with van der Waals surface area (Å²) < 4.78 is 74.9. The Balaban J connectivity index is 2.22. The van der Waals surface area contributed by atoms with Crippen LogP contribution in [0.15, 0.2) is 53.4 Å². The largest absolute Gasteiger partial charge is 0.467 e. The third-order valence-electron chi connectivity index (χ3n) is 5.60. The molecular formula is C22H24F3NO4S. The number of benzene rings is 2. The number of ether oxygens (including phenoxy) is 1. The number of fused-ring (bicyclic) bond motifs is 1. The van der Waals surface area contributed by atoms with Gasteiger partial charge in [0.25, 0.3) is 0 Å². The average molecular weight is 455 g/mol. The summed E-state index contributed by atoms with van der Waals surface area (Å²) in [5.74, 6) is -1.65. The molecule has 1 unspecified atom stereocenters. The van der Waals surface area contributed by atoms with Crippen molar-refractivity contribution in [1.29, 1.82) is 0 Å². The number of carbonyl (C=O) groups excluding carboxylic acids is 1. The van der Waals surface area contributed by atoms with Crippen LogP contribution in [-0.2, 0) is 38.9 Å². The van der Waals surface area contributed by atoms with Crippen molar-refractivity contribution in [3.8, 4) is 0 Å². The zero-order chi connectivity index (χ0) is 22.9. The van der Waals surface area contributed by atoms with Gasteiger partial charge in [0.15, 0.2) is 0 Å². The number of hydrogen-bond donors (Lipinski definition) is 0. The first-order valence-corrected chi connectivity index (χ1v) is 11.4. The van der Waals surface area contributed by atoms with Gasteiger partial charge in [-0.1, -0.05) is 49.7 Å². The Morgan fingerprint density at radius 2 is 1.81 bits per heavy atom. The van der Waals surface area contributed by atoms with Crippen molar-refractivity contribution in [3.05, 3.63) is 65.2 Å². The first-order chi connectivity index (χ1) is 14.6. The highest BCUT2D eigenvalue weighted by Crippen LogP contribution is 2.46. The van der Waals surface area contributed by atoms with Crippen LogP contribution in [0.5, 0.6) is 0 Å². The molecule has 0 amide bonds. The van der Waals surface area contributed by atoms with Gasteiger partial charge >= 0.3 is 12.1 Å². The molecule has 0 bridgehead atoms. The Morgan fingerprint density at radius 3 is 2.39 bits per heavy atom. The maximum atomic E-state index is 14.5. The van der Waals surface area contributed by atoms with E-state index in [-0.39, 0.29) is 9.20 Å². The van der Waals surface area contributed by atoms with E-state index in [1.165, 1.54) is 24.3 Å². The Labute approximate surface area is 179 Å². The van der Waals surface area contributed by atoms with Crippen molar-refractivity contribution in [1.82, 2.24) is 4.31 Å². The SMILES string of the molecule is CCCCc1ccc2c(c1)CC(C(=O)OC)(C(F)(F)F)N(S(=O)(=O)c1ccccc1)C2. The molecule has 1 aliphatic rings. The number of carbonyl (C=O) groups is 1. The van der Waals surface area contributed by atoms with E-state index < -0.39 is 40.7 Å². The summed E-state index contributed by atoms with van der Waals surface area (Å²) in [6.07, 6.45) is -3.56. The van der Waals surface area contributed by atoms with E-state index in [1.54, 1.807) is 24.3 Å². The van der Waals surface area contributed by atoms with E-state index in [0.29, 0.717) is 17.5 Å². The topological polar surface area (TPSA) is 63.7 Å². The molecule has 3 rings (SSSR count). The first-order valence-electron chi connectivity index (χ1n) is 9.91. The summed E-state index contributed by atoms with van der Waals surface area (Å²) in [5.41, 5.74) is -1.77. The highest BCUT2D eigenvalue weighted by atomic mass is 32.2. The van der Waals surface area contributed by atoms with E-state index >= 15 is 0 Å². The smallest absolute Gasteiger partial charge is 0.418 e. The monoisotopic (exact) mass is 455 g/mol. The van der Waals surface area contributed by atoms with Crippen LogP contribution >= 0.6 is 0 Å². The lowest BCUT2D eigenvalue weighted by Crippen LogP contribution is -2.68. The van der Waals surface area contributed by atoms with Gasteiger partial charge in [-0.15, -0.1) is 0 Å². The lowest BCUT2D eigenvalue weighted by atomic mass is 9.83. The Kier molecular flexibility index (Phi) is 6.48. The molecule has 0 aliphatic carbocycles. The van der Waals surface area contributed by atoms with Crippen LogP contribution in [-0.4, -0.2) is 37.5 Å². The predicted molar refractivity (Wildman–Crippen MR) is 109 cm³/mol. The van der Waals surface area contributed by atoms with Gasteiger partial charge in [0.05, 0.1) is 12.0 Å². The number of methoxy groups -OCH3 is 1. The van der Waals surface area contributed by atoms with Crippen LogP contribution in [0.1, 0.15) is 36.5 Å². The van der Waals surface area contributed by atoms with E-state index in [9.17, 15) is 26.4 Å². The molecule has 168 valence electrons. The van der Waals surface area contributed by atoms with Gasteiger partial charge in [0.1, 0.15) is 0 Å². The number of esters is 1. The maximum absolute atomic E-state index is 14.5. The molecule has 0 saturated heterocycles.